The van der Waals surface area contributed by atoms with Gasteiger partial charge in [0.25, 0.3) is 0 Å². The first-order valence-corrected chi connectivity index (χ1v) is 5.91. The van der Waals surface area contributed by atoms with Gasteiger partial charge in [-0.2, -0.15) is 0 Å². The number of urea groups is 1. The van der Waals surface area contributed by atoms with Gasteiger partial charge in [-0.1, -0.05) is 11.6 Å². The molecule has 2 N–H and O–H groups in total. The standard InChI is InChI=1S/C12H10ClN3O2/c13-9-5-7(6-10-8(9)1-3-14-10)16-4-2-11(17)15-12(16)18/h1,3,5-6,14H,2,4H2,(H,15,17,18). The zero-order valence-corrected chi connectivity index (χ0v) is 10.1. The maximum atomic E-state index is 11.7. The van der Waals surface area contributed by atoms with Gasteiger partial charge in [0.2, 0.25) is 5.91 Å². The average molecular weight is 264 g/mol. The summed E-state index contributed by atoms with van der Waals surface area (Å²) < 4.78 is 0. The SMILES string of the molecule is O=C1CCN(c2cc(Cl)c3cc[nH]c3c2)C(=O)N1. The molecule has 1 saturated heterocycles. The minimum absolute atomic E-state index is 0.247. The van der Waals surface area contributed by atoms with E-state index in [0.717, 1.165) is 10.9 Å². The van der Waals surface area contributed by atoms with Crippen LogP contribution < -0.4 is 10.2 Å². The Kier molecular flexibility index (Phi) is 2.48. The highest BCUT2D eigenvalue weighted by atomic mass is 35.5. The van der Waals surface area contributed by atoms with Crippen LogP contribution in [0.25, 0.3) is 10.9 Å². The van der Waals surface area contributed by atoms with E-state index in [-0.39, 0.29) is 5.91 Å². The number of hydrogen-bond acceptors (Lipinski definition) is 2. The van der Waals surface area contributed by atoms with Crippen LogP contribution in [0, 0.1) is 0 Å². The number of H-pyrrole nitrogens is 1. The van der Waals surface area contributed by atoms with Gasteiger partial charge in [-0.25, -0.2) is 4.79 Å². The zero-order chi connectivity index (χ0) is 12.7. The third-order valence-electron chi connectivity index (χ3n) is 2.97. The second-order valence-electron chi connectivity index (χ2n) is 4.12. The van der Waals surface area contributed by atoms with Gasteiger partial charge < -0.3 is 4.98 Å². The molecular weight excluding hydrogens is 254 g/mol. The molecule has 1 aliphatic heterocycles. The topological polar surface area (TPSA) is 65.2 Å². The molecule has 6 heteroatoms. The van der Waals surface area contributed by atoms with Crippen molar-refractivity contribution in [2.75, 3.05) is 11.4 Å². The van der Waals surface area contributed by atoms with Crippen LogP contribution in [0.15, 0.2) is 24.4 Å². The molecular formula is C12H10ClN3O2. The molecule has 18 heavy (non-hydrogen) atoms. The number of hydrogen-bond donors (Lipinski definition) is 2. The number of nitrogens with one attached hydrogen (secondary N) is 2. The Morgan fingerprint density at radius 3 is 2.89 bits per heavy atom. The lowest BCUT2D eigenvalue weighted by Gasteiger charge is -2.26. The van der Waals surface area contributed by atoms with Gasteiger partial charge in [0.1, 0.15) is 0 Å². The molecule has 3 amide bonds. The number of halogens is 1. The molecule has 0 radical (unpaired) electrons. The van der Waals surface area contributed by atoms with Crippen molar-refractivity contribution in [3.63, 3.8) is 0 Å². The summed E-state index contributed by atoms with van der Waals surface area (Å²) >= 11 is 6.15. The van der Waals surface area contributed by atoms with Crippen LogP contribution in [-0.4, -0.2) is 23.5 Å². The maximum Gasteiger partial charge on any atom is 0.328 e. The Bertz CT molecular complexity index is 650. The van der Waals surface area contributed by atoms with Crippen molar-refractivity contribution in [3.05, 3.63) is 29.4 Å². The lowest BCUT2D eigenvalue weighted by Crippen LogP contribution is -2.49. The van der Waals surface area contributed by atoms with Gasteiger partial charge >= 0.3 is 6.03 Å². The Morgan fingerprint density at radius 2 is 2.11 bits per heavy atom. The van der Waals surface area contributed by atoms with E-state index < -0.39 is 6.03 Å². The van der Waals surface area contributed by atoms with E-state index in [2.05, 4.69) is 10.3 Å². The molecule has 1 aromatic heterocycles. The van der Waals surface area contributed by atoms with Crippen molar-refractivity contribution in [1.29, 1.82) is 0 Å². The molecule has 0 aliphatic carbocycles. The highest BCUT2D eigenvalue weighted by Crippen LogP contribution is 2.29. The highest BCUT2D eigenvalue weighted by molar-refractivity contribution is 6.36. The largest absolute Gasteiger partial charge is 0.361 e. The van der Waals surface area contributed by atoms with Gasteiger partial charge in [-0.3, -0.25) is 15.0 Å². The first-order valence-electron chi connectivity index (χ1n) is 5.53. The Morgan fingerprint density at radius 1 is 1.28 bits per heavy atom. The fourth-order valence-electron chi connectivity index (χ4n) is 2.07. The van der Waals surface area contributed by atoms with Gasteiger partial charge in [0, 0.05) is 35.8 Å². The summed E-state index contributed by atoms with van der Waals surface area (Å²) in [5.41, 5.74) is 1.54. The molecule has 0 saturated carbocycles. The minimum Gasteiger partial charge on any atom is -0.361 e. The predicted octanol–water partition coefficient (Wildman–Crippen LogP) is 2.27. The molecule has 2 aromatic rings. The van der Waals surface area contributed by atoms with Crippen LogP contribution in [0.5, 0.6) is 0 Å². The lowest BCUT2D eigenvalue weighted by molar-refractivity contribution is -0.120. The number of aromatic nitrogens is 1. The third kappa shape index (κ3) is 1.73. The van der Waals surface area contributed by atoms with Crippen LogP contribution in [0.2, 0.25) is 5.02 Å². The van der Waals surface area contributed by atoms with E-state index in [9.17, 15) is 9.59 Å². The number of fused-ring (bicyclic) bond motifs is 1. The summed E-state index contributed by atoms with van der Waals surface area (Å²) in [6, 6.07) is 5.04. The number of carbonyl (C=O) groups excluding carboxylic acids is 2. The molecule has 0 atom stereocenters. The van der Waals surface area contributed by atoms with E-state index in [1.54, 1.807) is 12.3 Å². The molecule has 0 unspecified atom stereocenters. The summed E-state index contributed by atoms with van der Waals surface area (Å²) in [5, 5.41) is 3.77. The van der Waals surface area contributed by atoms with Gasteiger partial charge in [0.15, 0.2) is 0 Å². The fraction of sp³-hybridized carbons (Fsp3) is 0.167. The quantitative estimate of drug-likeness (QED) is 0.829. The van der Waals surface area contributed by atoms with E-state index in [4.69, 9.17) is 11.6 Å². The lowest BCUT2D eigenvalue weighted by atomic mass is 10.2. The van der Waals surface area contributed by atoms with E-state index in [1.807, 2.05) is 12.1 Å². The summed E-state index contributed by atoms with van der Waals surface area (Å²) in [5.74, 6) is -0.247. The van der Waals surface area contributed by atoms with Gasteiger partial charge in [0.05, 0.1) is 5.02 Å². The Hall–Kier alpha value is -2.01. The van der Waals surface area contributed by atoms with Crippen molar-refractivity contribution in [3.8, 4) is 0 Å². The van der Waals surface area contributed by atoms with Crippen LogP contribution in [0.4, 0.5) is 10.5 Å². The molecule has 0 bridgehead atoms. The first-order chi connectivity index (χ1) is 8.65. The number of aromatic amines is 1. The zero-order valence-electron chi connectivity index (χ0n) is 9.37. The second-order valence-corrected chi connectivity index (χ2v) is 4.53. The molecule has 1 fully saturated rings. The number of benzene rings is 1. The van der Waals surface area contributed by atoms with E-state index in [0.29, 0.717) is 23.7 Å². The molecule has 1 aromatic carbocycles. The van der Waals surface area contributed by atoms with Crippen LogP contribution >= 0.6 is 11.6 Å². The van der Waals surface area contributed by atoms with E-state index >= 15 is 0 Å². The fourth-order valence-corrected chi connectivity index (χ4v) is 2.35. The molecule has 5 nitrogen and oxygen atoms in total. The molecule has 3 rings (SSSR count). The van der Waals surface area contributed by atoms with Crippen LogP contribution in [0.3, 0.4) is 0 Å². The smallest absolute Gasteiger partial charge is 0.328 e. The molecule has 92 valence electrons. The van der Waals surface area contributed by atoms with Crippen molar-refractivity contribution < 1.29 is 9.59 Å². The number of anilines is 1. The second kappa shape index (κ2) is 4.03. The summed E-state index contributed by atoms with van der Waals surface area (Å²) in [6.07, 6.45) is 2.09. The van der Waals surface area contributed by atoms with Crippen molar-refractivity contribution >= 4 is 40.1 Å². The Balaban J connectivity index is 2.03. The summed E-state index contributed by atoms with van der Waals surface area (Å²) in [4.78, 5) is 27.4. The van der Waals surface area contributed by atoms with Crippen molar-refractivity contribution in [2.24, 2.45) is 0 Å². The van der Waals surface area contributed by atoms with Crippen LogP contribution in [-0.2, 0) is 4.79 Å². The minimum atomic E-state index is -0.409. The monoisotopic (exact) mass is 263 g/mol. The van der Waals surface area contributed by atoms with Crippen LogP contribution in [0.1, 0.15) is 6.42 Å². The summed E-state index contributed by atoms with van der Waals surface area (Å²) in [7, 11) is 0. The number of rotatable bonds is 1. The van der Waals surface area contributed by atoms with E-state index in [1.165, 1.54) is 4.90 Å². The number of nitrogens with zero attached hydrogens (tertiary/aromatic N) is 1. The maximum absolute atomic E-state index is 11.7. The van der Waals surface area contributed by atoms with Gasteiger partial charge in [-0.05, 0) is 18.2 Å². The Labute approximate surface area is 108 Å². The van der Waals surface area contributed by atoms with Gasteiger partial charge in [-0.15, -0.1) is 0 Å². The number of carbonyl (C=O) groups is 2. The molecule has 0 spiro atoms. The van der Waals surface area contributed by atoms with Crippen molar-refractivity contribution in [1.82, 2.24) is 10.3 Å². The highest BCUT2D eigenvalue weighted by Gasteiger charge is 2.24. The molecule has 2 heterocycles. The number of imide groups is 1. The predicted molar refractivity (Wildman–Crippen MR) is 68.8 cm³/mol. The summed E-state index contributed by atoms with van der Waals surface area (Å²) in [6.45, 7) is 0.368. The molecule has 1 aliphatic rings. The van der Waals surface area contributed by atoms with Crippen molar-refractivity contribution in [2.45, 2.75) is 6.42 Å². The average Bonchev–Trinajstić information content (AvgIpc) is 2.77. The number of amides is 3. The normalized spacial score (nSPS) is 16.2. The first kappa shape index (κ1) is 11.1. The third-order valence-corrected chi connectivity index (χ3v) is 3.28.